The topological polar surface area (TPSA) is 12.9 Å². The summed E-state index contributed by atoms with van der Waals surface area (Å²) in [4.78, 5) is 6.03. The molecule has 102 valence electrons. The normalized spacial score (nSPS) is 11.1. The van der Waals surface area contributed by atoms with Crippen LogP contribution in [0, 0.1) is 0 Å². The molecule has 0 N–H and O–H groups in total. The van der Waals surface area contributed by atoms with E-state index < -0.39 is 0 Å². The van der Waals surface area contributed by atoms with E-state index >= 15 is 0 Å². The number of aromatic nitrogens is 1. The summed E-state index contributed by atoms with van der Waals surface area (Å²) in [7, 11) is 0. The number of thiazole rings is 1. The van der Waals surface area contributed by atoms with Gasteiger partial charge in [0.1, 0.15) is 5.01 Å². The zero-order chi connectivity index (χ0) is 14.2. The van der Waals surface area contributed by atoms with Gasteiger partial charge in [-0.3, -0.25) is 0 Å². The molecule has 21 heavy (non-hydrogen) atoms. The van der Waals surface area contributed by atoms with Crippen molar-refractivity contribution in [3.63, 3.8) is 0 Å². The van der Waals surface area contributed by atoms with Crippen molar-refractivity contribution in [2.75, 3.05) is 0 Å². The lowest BCUT2D eigenvalue weighted by molar-refractivity contribution is 1.41. The minimum atomic E-state index is 1.04. The van der Waals surface area contributed by atoms with Crippen molar-refractivity contribution < 1.29 is 0 Å². The molecule has 1 nitrogen and oxygen atoms in total. The third-order valence-corrected chi connectivity index (χ3v) is 5.88. The summed E-state index contributed by atoms with van der Waals surface area (Å²) in [6.45, 7) is 0. The summed E-state index contributed by atoms with van der Waals surface area (Å²) in [5.74, 6) is 0. The predicted molar refractivity (Wildman–Crippen MR) is 96.1 cm³/mol. The molecule has 0 unspecified atom stereocenters. The molecule has 0 aliphatic heterocycles. The Morgan fingerprint density at radius 3 is 2.71 bits per heavy atom. The van der Waals surface area contributed by atoms with Gasteiger partial charge in [0.15, 0.2) is 0 Å². The first-order valence-electron chi connectivity index (χ1n) is 6.50. The highest BCUT2D eigenvalue weighted by molar-refractivity contribution is 9.10. The monoisotopic (exact) mass is 371 g/mol. The van der Waals surface area contributed by atoms with E-state index in [1.165, 1.54) is 15.0 Å². The van der Waals surface area contributed by atoms with Crippen molar-refractivity contribution in [3.05, 3.63) is 64.5 Å². The Hall–Kier alpha value is -1.49. The van der Waals surface area contributed by atoms with Crippen LogP contribution >= 0.6 is 38.6 Å². The summed E-state index contributed by atoms with van der Waals surface area (Å²) in [6, 6.07) is 19.0. The van der Waals surface area contributed by atoms with E-state index in [0.717, 1.165) is 20.7 Å². The second-order valence-corrected chi connectivity index (χ2v) is 7.55. The summed E-state index contributed by atoms with van der Waals surface area (Å²) in [5, 5.41) is 4.50. The Morgan fingerprint density at radius 2 is 1.86 bits per heavy atom. The number of nitrogens with zero attached hydrogens (tertiary/aromatic N) is 1. The first-order valence-corrected chi connectivity index (χ1v) is 8.99. The molecule has 0 spiro atoms. The molecule has 0 fully saturated rings. The first-order chi connectivity index (χ1) is 10.3. The third kappa shape index (κ3) is 2.55. The highest BCUT2D eigenvalue weighted by atomic mass is 79.9. The van der Waals surface area contributed by atoms with Crippen LogP contribution in [0.5, 0.6) is 0 Å². The van der Waals surface area contributed by atoms with Gasteiger partial charge in [-0.15, -0.1) is 22.7 Å². The Kier molecular flexibility index (Phi) is 3.37. The van der Waals surface area contributed by atoms with Crippen LogP contribution in [0.1, 0.15) is 0 Å². The van der Waals surface area contributed by atoms with Crippen molar-refractivity contribution in [1.29, 1.82) is 0 Å². The molecule has 2 heterocycles. The SMILES string of the molecule is Brc1cccc(-c2csc(-c3cc4ccccc4s3)n2)c1. The fraction of sp³-hybridized carbons (Fsp3) is 0. The van der Waals surface area contributed by atoms with Gasteiger partial charge in [-0.05, 0) is 29.7 Å². The number of rotatable bonds is 2. The second-order valence-electron chi connectivity index (χ2n) is 4.70. The number of hydrogen-bond acceptors (Lipinski definition) is 3. The summed E-state index contributed by atoms with van der Waals surface area (Å²) in [6.07, 6.45) is 0. The number of hydrogen-bond donors (Lipinski definition) is 0. The van der Waals surface area contributed by atoms with E-state index in [4.69, 9.17) is 4.98 Å². The Balaban J connectivity index is 1.77. The molecule has 0 saturated heterocycles. The van der Waals surface area contributed by atoms with Crippen LogP contribution in [-0.4, -0.2) is 4.98 Å². The lowest BCUT2D eigenvalue weighted by Gasteiger charge is -1.96. The average Bonchev–Trinajstić information content (AvgIpc) is 3.14. The summed E-state index contributed by atoms with van der Waals surface area (Å²) >= 11 is 7.02. The molecule has 0 bridgehead atoms. The molecule has 0 saturated carbocycles. The van der Waals surface area contributed by atoms with Crippen LogP contribution in [0.2, 0.25) is 0 Å². The third-order valence-electron chi connectivity index (χ3n) is 3.26. The second kappa shape index (κ2) is 5.37. The van der Waals surface area contributed by atoms with E-state index in [-0.39, 0.29) is 0 Å². The van der Waals surface area contributed by atoms with Gasteiger partial charge in [0.25, 0.3) is 0 Å². The lowest BCUT2D eigenvalue weighted by Crippen LogP contribution is -1.77. The van der Waals surface area contributed by atoms with Crippen LogP contribution < -0.4 is 0 Å². The van der Waals surface area contributed by atoms with Gasteiger partial charge >= 0.3 is 0 Å². The zero-order valence-electron chi connectivity index (χ0n) is 10.9. The highest BCUT2D eigenvalue weighted by Crippen LogP contribution is 2.36. The summed E-state index contributed by atoms with van der Waals surface area (Å²) in [5.41, 5.74) is 2.18. The highest BCUT2D eigenvalue weighted by Gasteiger charge is 2.10. The van der Waals surface area contributed by atoms with E-state index in [2.05, 4.69) is 63.8 Å². The minimum Gasteiger partial charge on any atom is -0.235 e. The molecule has 4 heteroatoms. The standard InChI is InChI=1S/C17H10BrNS2/c18-13-6-3-5-11(8-13)14-10-20-17(19-14)16-9-12-4-1-2-7-15(12)21-16/h1-10H. The van der Waals surface area contributed by atoms with Crippen LogP contribution in [0.15, 0.2) is 64.5 Å². The van der Waals surface area contributed by atoms with E-state index in [0.29, 0.717) is 0 Å². The summed E-state index contributed by atoms with van der Waals surface area (Å²) < 4.78 is 2.39. The van der Waals surface area contributed by atoms with Crippen molar-refractivity contribution in [2.24, 2.45) is 0 Å². The smallest absolute Gasteiger partial charge is 0.134 e. The number of thiophene rings is 1. The molecule has 0 radical (unpaired) electrons. The maximum Gasteiger partial charge on any atom is 0.134 e. The molecule has 4 rings (SSSR count). The molecule has 2 aromatic carbocycles. The van der Waals surface area contributed by atoms with Gasteiger partial charge in [-0.2, -0.15) is 0 Å². The van der Waals surface area contributed by atoms with E-state index in [1.807, 2.05) is 12.1 Å². The van der Waals surface area contributed by atoms with Crippen molar-refractivity contribution in [3.8, 4) is 21.1 Å². The van der Waals surface area contributed by atoms with E-state index in [9.17, 15) is 0 Å². The van der Waals surface area contributed by atoms with Crippen LogP contribution in [0.4, 0.5) is 0 Å². The molecule has 0 aliphatic carbocycles. The van der Waals surface area contributed by atoms with Crippen LogP contribution in [0.3, 0.4) is 0 Å². The molecule has 2 aromatic heterocycles. The number of halogens is 1. The number of fused-ring (bicyclic) bond motifs is 1. The lowest BCUT2D eigenvalue weighted by atomic mass is 10.2. The molecule has 0 atom stereocenters. The Bertz CT molecular complexity index is 890. The van der Waals surface area contributed by atoms with Gasteiger partial charge < -0.3 is 0 Å². The van der Waals surface area contributed by atoms with Crippen molar-refractivity contribution in [2.45, 2.75) is 0 Å². The van der Waals surface area contributed by atoms with Gasteiger partial charge in [0.2, 0.25) is 0 Å². The molecular weight excluding hydrogens is 362 g/mol. The zero-order valence-corrected chi connectivity index (χ0v) is 14.1. The number of benzene rings is 2. The largest absolute Gasteiger partial charge is 0.235 e. The van der Waals surface area contributed by atoms with Gasteiger partial charge in [0.05, 0.1) is 10.6 Å². The van der Waals surface area contributed by atoms with Crippen LogP contribution in [0.25, 0.3) is 31.2 Å². The van der Waals surface area contributed by atoms with Crippen LogP contribution in [-0.2, 0) is 0 Å². The Labute approximate surface area is 139 Å². The van der Waals surface area contributed by atoms with Crippen molar-refractivity contribution >= 4 is 48.7 Å². The fourth-order valence-corrected chi connectivity index (χ4v) is 4.61. The van der Waals surface area contributed by atoms with Gasteiger partial charge in [-0.25, -0.2) is 4.98 Å². The predicted octanol–water partition coefficient (Wildman–Crippen LogP) is 6.45. The molecular formula is C17H10BrNS2. The molecule has 0 aliphatic rings. The minimum absolute atomic E-state index is 1.04. The quantitative estimate of drug-likeness (QED) is 0.394. The fourth-order valence-electron chi connectivity index (χ4n) is 2.25. The van der Waals surface area contributed by atoms with Gasteiger partial charge in [-0.1, -0.05) is 46.3 Å². The molecule has 0 amide bonds. The maximum atomic E-state index is 4.80. The first kappa shape index (κ1) is 13.2. The Morgan fingerprint density at radius 1 is 0.952 bits per heavy atom. The molecule has 4 aromatic rings. The van der Waals surface area contributed by atoms with Gasteiger partial charge in [0, 0.05) is 20.1 Å². The average molecular weight is 372 g/mol. The van der Waals surface area contributed by atoms with Crippen molar-refractivity contribution in [1.82, 2.24) is 4.98 Å². The maximum absolute atomic E-state index is 4.80. The van der Waals surface area contributed by atoms with E-state index in [1.54, 1.807) is 22.7 Å².